The summed E-state index contributed by atoms with van der Waals surface area (Å²) in [4.78, 5) is 6.97. The van der Waals surface area contributed by atoms with Crippen molar-refractivity contribution < 1.29 is 0 Å². The Balaban J connectivity index is 2.66. The lowest BCUT2D eigenvalue weighted by molar-refractivity contribution is 1.27. The molecule has 0 radical (unpaired) electrons. The molecule has 1 aromatic rings. The molecular weight excluding hydrogens is 102 g/mol. The summed E-state index contributed by atoms with van der Waals surface area (Å²) in [6.07, 6.45) is 5.57. The Labute approximate surface area is 46.4 Å². The topological polar surface area (TPSA) is 40.7 Å². The van der Waals surface area contributed by atoms with Crippen molar-refractivity contribution in [2.75, 3.05) is 5.32 Å². The second-order valence-corrected chi connectivity index (χ2v) is 1.66. The molecule has 0 unspecified atom stereocenters. The number of anilines is 1. The van der Waals surface area contributed by atoms with Gasteiger partial charge in [-0.15, -0.1) is 0 Å². The number of aromatic amines is 1. The standard InChI is InChI=1S/C5H5N3/c1-2-6-5-7-3-4(1)8-5/h1-3H,(H2,6,7,8). The molecule has 2 rings (SSSR count). The first-order chi connectivity index (χ1) is 3.95. The highest BCUT2D eigenvalue weighted by atomic mass is 15.1. The Morgan fingerprint density at radius 1 is 1.50 bits per heavy atom. The van der Waals surface area contributed by atoms with Crippen LogP contribution in [-0.4, -0.2) is 9.97 Å². The van der Waals surface area contributed by atoms with Crippen molar-refractivity contribution in [3.05, 3.63) is 18.1 Å². The van der Waals surface area contributed by atoms with Gasteiger partial charge in [0.1, 0.15) is 0 Å². The van der Waals surface area contributed by atoms with Gasteiger partial charge in [0, 0.05) is 6.20 Å². The van der Waals surface area contributed by atoms with E-state index < -0.39 is 0 Å². The third-order valence-electron chi connectivity index (χ3n) is 1.08. The number of rotatable bonds is 0. The average molecular weight is 107 g/mol. The van der Waals surface area contributed by atoms with Crippen LogP contribution in [0.1, 0.15) is 5.69 Å². The lowest BCUT2D eigenvalue weighted by atomic mass is 10.4. The number of aromatic nitrogens is 2. The van der Waals surface area contributed by atoms with Crippen molar-refractivity contribution in [2.24, 2.45) is 0 Å². The van der Waals surface area contributed by atoms with Gasteiger partial charge in [-0.2, -0.15) is 0 Å². The molecular formula is C5H5N3. The number of H-pyrrole nitrogens is 1. The number of hydrogen-bond donors (Lipinski definition) is 2. The molecule has 0 fully saturated rings. The van der Waals surface area contributed by atoms with E-state index in [1.165, 1.54) is 0 Å². The normalized spacial score (nSPS) is 13.5. The monoisotopic (exact) mass is 107 g/mol. The Kier molecular flexibility index (Phi) is 0.521. The smallest absolute Gasteiger partial charge is 0.204 e. The number of fused-ring (bicyclic) bond motifs is 2. The predicted molar refractivity (Wildman–Crippen MR) is 31.2 cm³/mol. The first-order valence-electron chi connectivity index (χ1n) is 2.43. The van der Waals surface area contributed by atoms with E-state index in [0.29, 0.717) is 0 Å². The van der Waals surface area contributed by atoms with Crippen LogP contribution in [0.3, 0.4) is 0 Å². The van der Waals surface area contributed by atoms with E-state index in [1.54, 1.807) is 6.20 Å². The molecule has 0 spiro atoms. The summed E-state index contributed by atoms with van der Waals surface area (Å²) >= 11 is 0. The Hall–Kier alpha value is -1.25. The van der Waals surface area contributed by atoms with Gasteiger partial charge in [-0.3, -0.25) is 0 Å². The summed E-state index contributed by atoms with van der Waals surface area (Å²) in [6.45, 7) is 0. The predicted octanol–water partition coefficient (Wildman–Crippen LogP) is 0.806. The van der Waals surface area contributed by atoms with E-state index in [-0.39, 0.29) is 0 Å². The van der Waals surface area contributed by atoms with E-state index >= 15 is 0 Å². The molecule has 0 saturated heterocycles. The van der Waals surface area contributed by atoms with Crippen molar-refractivity contribution in [1.82, 2.24) is 9.97 Å². The first kappa shape index (κ1) is 3.72. The highest BCUT2D eigenvalue weighted by Crippen LogP contribution is 2.08. The molecule has 2 bridgehead atoms. The maximum atomic E-state index is 3.97. The van der Waals surface area contributed by atoms with E-state index in [2.05, 4.69) is 15.3 Å². The molecule has 1 aliphatic rings. The molecule has 0 atom stereocenters. The number of imidazole rings is 1. The SMILES string of the molecule is C1=Cc2cnc([nH]2)N1. The van der Waals surface area contributed by atoms with Crippen LogP contribution in [0.25, 0.3) is 6.08 Å². The summed E-state index contributed by atoms with van der Waals surface area (Å²) in [7, 11) is 0. The summed E-state index contributed by atoms with van der Waals surface area (Å²) in [5, 5.41) is 2.92. The Morgan fingerprint density at radius 3 is 3.25 bits per heavy atom. The molecule has 1 aromatic heterocycles. The van der Waals surface area contributed by atoms with Crippen molar-refractivity contribution in [2.45, 2.75) is 0 Å². The van der Waals surface area contributed by atoms with Crippen molar-refractivity contribution >= 4 is 12.0 Å². The molecule has 2 N–H and O–H groups in total. The zero-order valence-electron chi connectivity index (χ0n) is 4.18. The summed E-state index contributed by atoms with van der Waals surface area (Å²) in [5.41, 5.74) is 1.05. The third-order valence-corrected chi connectivity index (χ3v) is 1.08. The molecule has 0 aromatic carbocycles. The Bertz CT molecular complexity index is 223. The van der Waals surface area contributed by atoms with E-state index in [4.69, 9.17) is 0 Å². The highest BCUT2D eigenvalue weighted by Gasteiger charge is 1.97. The van der Waals surface area contributed by atoms with Gasteiger partial charge in [0.2, 0.25) is 5.95 Å². The second-order valence-electron chi connectivity index (χ2n) is 1.66. The quantitative estimate of drug-likeness (QED) is 0.515. The van der Waals surface area contributed by atoms with Crippen LogP contribution in [0, 0.1) is 0 Å². The largest absolute Gasteiger partial charge is 0.332 e. The fraction of sp³-hybridized carbons (Fsp3) is 0. The lowest BCUT2D eigenvalue weighted by Gasteiger charge is -1.96. The molecule has 3 heteroatoms. The molecule has 8 heavy (non-hydrogen) atoms. The van der Waals surface area contributed by atoms with Gasteiger partial charge in [-0.25, -0.2) is 4.98 Å². The van der Waals surface area contributed by atoms with E-state index in [0.717, 1.165) is 11.6 Å². The van der Waals surface area contributed by atoms with Crippen LogP contribution in [0.2, 0.25) is 0 Å². The number of nitrogens with one attached hydrogen (secondary N) is 2. The zero-order chi connectivity index (χ0) is 5.40. The van der Waals surface area contributed by atoms with Crippen LogP contribution >= 0.6 is 0 Å². The minimum Gasteiger partial charge on any atom is -0.332 e. The molecule has 0 amide bonds. The minimum absolute atomic E-state index is 0.822. The lowest BCUT2D eigenvalue weighted by Crippen LogP contribution is -1.91. The van der Waals surface area contributed by atoms with Crippen molar-refractivity contribution in [1.29, 1.82) is 0 Å². The molecule has 3 nitrogen and oxygen atoms in total. The van der Waals surface area contributed by atoms with Crippen LogP contribution in [0.4, 0.5) is 5.95 Å². The third kappa shape index (κ3) is 0.353. The fourth-order valence-corrected chi connectivity index (χ4v) is 0.704. The fourth-order valence-electron chi connectivity index (χ4n) is 0.704. The second kappa shape index (κ2) is 1.12. The maximum absolute atomic E-state index is 3.97. The van der Waals surface area contributed by atoms with Crippen LogP contribution in [0.15, 0.2) is 12.4 Å². The molecule has 0 saturated carbocycles. The first-order valence-corrected chi connectivity index (χ1v) is 2.43. The van der Waals surface area contributed by atoms with Crippen LogP contribution in [0.5, 0.6) is 0 Å². The highest BCUT2D eigenvalue weighted by molar-refractivity contribution is 5.54. The summed E-state index contributed by atoms with van der Waals surface area (Å²) in [5.74, 6) is 0.822. The van der Waals surface area contributed by atoms with E-state index in [1.807, 2.05) is 12.3 Å². The van der Waals surface area contributed by atoms with Gasteiger partial charge in [0.05, 0.1) is 11.9 Å². The van der Waals surface area contributed by atoms with Gasteiger partial charge >= 0.3 is 0 Å². The summed E-state index contributed by atoms with van der Waals surface area (Å²) < 4.78 is 0. The van der Waals surface area contributed by atoms with Crippen LogP contribution in [-0.2, 0) is 0 Å². The number of nitrogens with zero attached hydrogens (tertiary/aromatic N) is 1. The van der Waals surface area contributed by atoms with Gasteiger partial charge in [0.25, 0.3) is 0 Å². The summed E-state index contributed by atoms with van der Waals surface area (Å²) in [6, 6.07) is 0. The zero-order valence-corrected chi connectivity index (χ0v) is 4.18. The van der Waals surface area contributed by atoms with E-state index in [9.17, 15) is 0 Å². The molecule has 40 valence electrons. The van der Waals surface area contributed by atoms with Crippen LogP contribution < -0.4 is 5.32 Å². The Morgan fingerprint density at radius 2 is 2.50 bits per heavy atom. The maximum Gasteiger partial charge on any atom is 0.204 e. The van der Waals surface area contributed by atoms with Gasteiger partial charge in [-0.05, 0) is 6.08 Å². The van der Waals surface area contributed by atoms with Gasteiger partial charge < -0.3 is 10.3 Å². The molecule has 0 aliphatic carbocycles. The van der Waals surface area contributed by atoms with Gasteiger partial charge in [0.15, 0.2) is 0 Å². The average Bonchev–Trinajstić information content (AvgIpc) is 2.12. The molecule has 1 aliphatic heterocycles. The van der Waals surface area contributed by atoms with Crippen molar-refractivity contribution in [3.63, 3.8) is 0 Å². The molecule has 2 heterocycles. The number of hydrogen-bond acceptors (Lipinski definition) is 2. The van der Waals surface area contributed by atoms with Gasteiger partial charge in [-0.1, -0.05) is 0 Å². The minimum atomic E-state index is 0.822. The van der Waals surface area contributed by atoms with Crippen molar-refractivity contribution in [3.8, 4) is 0 Å².